The SMILES string of the molecule is [CH2]CCC(C)CCC(C)C(C)C. The molecule has 0 saturated carbocycles. The van der Waals surface area contributed by atoms with Gasteiger partial charge < -0.3 is 0 Å². The van der Waals surface area contributed by atoms with Gasteiger partial charge in [0.05, 0.1) is 0 Å². The van der Waals surface area contributed by atoms with E-state index in [9.17, 15) is 0 Å². The molecule has 0 bridgehead atoms. The molecule has 0 spiro atoms. The van der Waals surface area contributed by atoms with Gasteiger partial charge in [-0.1, -0.05) is 60.3 Å². The minimum absolute atomic E-state index is 0.844. The highest BCUT2D eigenvalue weighted by atomic mass is 14.1. The molecule has 2 atom stereocenters. The lowest BCUT2D eigenvalue weighted by molar-refractivity contribution is 0.344. The molecule has 0 rings (SSSR count). The highest BCUT2D eigenvalue weighted by molar-refractivity contribution is 4.61. The average Bonchev–Trinajstić information content (AvgIpc) is 2.00. The van der Waals surface area contributed by atoms with E-state index in [0.717, 1.165) is 24.2 Å². The molecule has 12 heavy (non-hydrogen) atoms. The van der Waals surface area contributed by atoms with Crippen molar-refractivity contribution in [3.8, 4) is 0 Å². The van der Waals surface area contributed by atoms with Crippen LogP contribution in [0.25, 0.3) is 0 Å². The maximum atomic E-state index is 3.89. The Morgan fingerprint density at radius 1 is 0.917 bits per heavy atom. The molecule has 0 amide bonds. The summed E-state index contributed by atoms with van der Waals surface area (Å²) in [6.45, 7) is 13.2. The van der Waals surface area contributed by atoms with Gasteiger partial charge in [0.15, 0.2) is 0 Å². The van der Waals surface area contributed by atoms with E-state index in [0.29, 0.717) is 0 Å². The standard InChI is InChI=1S/C12H25/c1-6-7-11(4)8-9-12(5)10(2)3/h10-12H,1,6-9H2,2-5H3. The van der Waals surface area contributed by atoms with Crippen LogP contribution in [0.1, 0.15) is 53.4 Å². The summed E-state index contributed by atoms with van der Waals surface area (Å²) in [5.74, 6) is 2.61. The van der Waals surface area contributed by atoms with Crippen molar-refractivity contribution in [2.24, 2.45) is 17.8 Å². The zero-order valence-electron chi connectivity index (χ0n) is 9.27. The second-order valence-electron chi connectivity index (χ2n) is 4.55. The largest absolute Gasteiger partial charge is 0.0625 e. The molecule has 0 aromatic rings. The minimum atomic E-state index is 0.844. The van der Waals surface area contributed by atoms with Crippen LogP contribution >= 0.6 is 0 Å². The molecule has 0 aliphatic carbocycles. The molecule has 0 fully saturated rings. The van der Waals surface area contributed by atoms with Crippen molar-refractivity contribution in [3.63, 3.8) is 0 Å². The Kier molecular flexibility index (Phi) is 6.51. The third-order valence-corrected chi connectivity index (χ3v) is 2.95. The summed E-state index contributed by atoms with van der Waals surface area (Å²) in [6.07, 6.45) is 5.16. The lowest BCUT2D eigenvalue weighted by atomic mass is 9.89. The van der Waals surface area contributed by atoms with Crippen molar-refractivity contribution in [2.45, 2.75) is 53.4 Å². The Morgan fingerprint density at radius 3 is 1.92 bits per heavy atom. The van der Waals surface area contributed by atoms with E-state index in [1.54, 1.807) is 0 Å². The van der Waals surface area contributed by atoms with Crippen LogP contribution in [0.3, 0.4) is 0 Å². The highest BCUT2D eigenvalue weighted by Crippen LogP contribution is 2.21. The van der Waals surface area contributed by atoms with Gasteiger partial charge in [-0.05, 0) is 17.8 Å². The van der Waals surface area contributed by atoms with Crippen molar-refractivity contribution < 1.29 is 0 Å². The molecule has 0 aliphatic rings. The topological polar surface area (TPSA) is 0 Å². The van der Waals surface area contributed by atoms with Crippen LogP contribution < -0.4 is 0 Å². The first-order chi connectivity index (χ1) is 5.57. The maximum Gasteiger partial charge on any atom is -0.0420 e. The van der Waals surface area contributed by atoms with Crippen molar-refractivity contribution in [2.75, 3.05) is 0 Å². The van der Waals surface area contributed by atoms with Crippen LogP contribution in [0.15, 0.2) is 0 Å². The third kappa shape index (κ3) is 5.62. The normalized spacial score (nSPS) is 16.5. The van der Waals surface area contributed by atoms with Gasteiger partial charge in [-0.15, -0.1) is 0 Å². The summed E-state index contributed by atoms with van der Waals surface area (Å²) in [4.78, 5) is 0. The molecule has 0 heteroatoms. The number of hydrogen-bond donors (Lipinski definition) is 0. The Balaban J connectivity index is 3.40. The molecule has 0 nitrogen and oxygen atoms in total. The smallest absolute Gasteiger partial charge is 0.0420 e. The first-order valence-electron chi connectivity index (χ1n) is 5.37. The predicted molar refractivity (Wildman–Crippen MR) is 57.0 cm³/mol. The van der Waals surface area contributed by atoms with Crippen molar-refractivity contribution in [1.82, 2.24) is 0 Å². The molecular weight excluding hydrogens is 144 g/mol. The van der Waals surface area contributed by atoms with Gasteiger partial charge in [-0.2, -0.15) is 0 Å². The summed E-state index contributed by atoms with van der Waals surface area (Å²) in [7, 11) is 0. The molecule has 0 aromatic carbocycles. The van der Waals surface area contributed by atoms with Gasteiger partial charge in [-0.25, -0.2) is 0 Å². The van der Waals surface area contributed by atoms with Crippen molar-refractivity contribution >= 4 is 0 Å². The zero-order chi connectivity index (χ0) is 9.56. The van der Waals surface area contributed by atoms with E-state index in [1.807, 2.05) is 0 Å². The second-order valence-corrected chi connectivity index (χ2v) is 4.55. The van der Waals surface area contributed by atoms with Gasteiger partial charge >= 0.3 is 0 Å². The fourth-order valence-electron chi connectivity index (χ4n) is 1.37. The molecule has 1 radical (unpaired) electrons. The molecule has 0 heterocycles. The lowest BCUT2D eigenvalue weighted by Gasteiger charge is -2.17. The maximum absolute atomic E-state index is 3.89. The summed E-state index contributed by atoms with van der Waals surface area (Å²) in [5, 5.41) is 0. The van der Waals surface area contributed by atoms with E-state index >= 15 is 0 Å². The highest BCUT2D eigenvalue weighted by Gasteiger charge is 2.08. The summed E-state index contributed by atoms with van der Waals surface area (Å²) in [6, 6.07) is 0. The second kappa shape index (κ2) is 6.51. The van der Waals surface area contributed by atoms with Crippen molar-refractivity contribution in [3.05, 3.63) is 6.92 Å². The Morgan fingerprint density at radius 2 is 1.50 bits per heavy atom. The van der Waals surface area contributed by atoms with Gasteiger partial charge in [0, 0.05) is 0 Å². The zero-order valence-corrected chi connectivity index (χ0v) is 9.27. The number of rotatable bonds is 6. The van der Waals surface area contributed by atoms with Crippen LogP contribution in [0.4, 0.5) is 0 Å². The molecule has 0 saturated heterocycles. The van der Waals surface area contributed by atoms with Gasteiger partial charge in [0.2, 0.25) is 0 Å². The molecule has 2 unspecified atom stereocenters. The van der Waals surface area contributed by atoms with Crippen LogP contribution in [0.5, 0.6) is 0 Å². The Hall–Kier alpha value is 0. The van der Waals surface area contributed by atoms with Crippen LogP contribution in [-0.4, -0.2) is 0 Å². The van der Waals surface area contributed by atoms with Gasteiger partial charge in [-0.3, -0.25) is 0 Å². The summed E-state index contributed by atoms with van der Waals surface area (Å²) >= 11 is 0. The average molecular weight is 169 g/mol. The number of hydrogen-bond acceptors (Lipinski definition) is 0. The lowest BCUT2D eigenvalue weighted by Crippen LogP contribution is -2.06. The fraction of sp³-hybridized carbons (Fsp3) is 0.917. The molecule has 0 N–H and O–H groups in total. The third-order valence-electron chi connectivity index (χ3n) is 2.95. The first kappa shape index (κ1) is 12.0. The Labute approximate surface area is 78.8 Å². The fourth-order valence-corrected chi connectivity index (χ4v) is 1.37. The van der Waals surface area contributed by atoms with Gasteiger partial charge in [0.25, 0.3) is 0 Å². The molecular formula is C12H25. The predicted octanol–water partition coefficient (Wildman–Crippen LogP) is 4.31. The monoisotopic (exact) mass is 169 g/mol. The van der Waals surface area contributed by atoms with E-state index in [2.05, 4.69) is 34.6 Å². The van der Waals surface area contributed by atoms with Crippen LogP contribution in [-0.2, 0) is 0 Å². The molecule has 0 aliphatic heterocycles. The van der Waals surface area contributed by atoms with E-state index in [4.69, 9.17) is 0 Å². The summed E-state index contributed by atoms with van der Waals surface area (Å²) < 4.78 is 0. The quantitative estimate of drug-likeness (QED) is 0.556. The van der Waals surface area contributed by atoms with Crippen molar-refractivity contribution in [1.29, 1.82) is 0 Å². The summed E-state index contributed by atoms with van der Waals surface area (Å²) in [5.41, 5.74) is 0. The van der Waals surface area contributed by atoms with Crippen LogP contribution in [0.2, 0.25) is 0 Å². The van der Waals surface area contributed by atoms with E-state index in [1.165, 1.54) is 19.3 Å². The minimum Gasteiger partial charge on any atom is -0.0625 e. The van der Waals surface area contributed by atoms with Crippen LogP contribution in [0, 0.1) is 24.7 Å². The molecule has 73 valence electrons. The molecule has 0 aromatic heterocycles. The van der Waals surface area contributed by atoms with E-state index < -0.39 is 0 Å². The van der Waals surface area contributed by atoms with Gasteiger partial charge in [0.1, 0.15) is 0 Å². The Bertz CT molecular complexity index is 94.2. The first-order valence-corrected chi connectivity index (χ1v) is 5.37. The van der Waals surface area contributed by atoms with E-state index in [-0.39, 0.29) is 0 Å².